The second-order valence-corrected chi connectivity index (χ2v) is 8.97. The highest BCUT2D eigenvalue weighted by Crippen LogP contribution is 2.46. The first kappa shape index (κ1) is 23.5. The van der Waals surface area contributed by atoms with Crippen molar-refractivity contribution in [2.75, 3.05) is 33.5 Å². The van der Waals surface area contributed by atoms with E-state index in [0.717, 1.165) is 24.2 Å². The van der Waals surface area contributed by atoms with Crippen LogP contribution in [0.1, 0.15) is 41.6 Å². The van der Waals surface area contributed by atoms with Crippen LogP contribution in [0, 0.1) is 0 Å². The molecule has 2 N–H and O–H groups in total. The second kappa shape index (κ2) is 10.1. The standard InChI is InChI=1S/C25H29ClN2O5/c1-31-22(29)18-2-4-19(5-3-18)24(10-11-24)28-23(30)25(12-15-32-16-13-25)27-14-17-33-21-8-6-20(26)7-9-21/h2-9,27H,10-17H2,1H3,(H,28,30). The number of ether oxygens (including phenoxy) is 3. The van der Waals surface area contributed by atoms with Crippen LogP contribution in [0.15, 0.2) is 48.5 Å². The fourth-order valence-electron chi connectivity index (χ4n) is 4.18. The van der Waals surface area contributed by atoms with Crippen LogP contribution in [-0.2, 0) is 19.8 Å². The van der Waals surface area contributed by atoms with Gasteiger partial charge in [-0.25, -0.2) is 4.79 Å². The maximum absolute atomic E-state index is 13.5. The van der Waals surface area contributed by atoms with Crippen molar-refractivity contribution in [2.45, 2.75) is 36.8 Å². The summed E-state index contributed by atoms with van der Waals surface area (Å²) in [7, 11) is 1.36. The van der Waals surface area contributed by atoms with Crippen molar-refractivity contribution in [1.82, 2.24) is 10.6 Å². The smallest absolute Gasteiger partial charge is 0.337 e. The predicted octanol–water partition coefficient (Wildman–Crippen LogP) is 3.45. The van der Waals surface area contributed by atoms with E-state index in [9.17, 15) is 9.59 Å². The second-order valence-electron chi connectivity index (χ2n) is 8.53. The summed E-state index contributed by atoms with van der Waals surface area (Å²) in [4.78, 5) is 25.2. The monoisotopic (exact) mass is 472 g/mol. The zero-order chi connectivity index (χ0) is 23.3. The maximum atomic E-state index is 13.5. The number of amides is 1. The Bertz CT molecular complexity index is 967. The number of nitrogens with one attached hydrogen (secondary N) is 2. The molecule has 7 nitrogen and oxygen atoms in total. The number of rotatable bonds is 9. The average molecular weight is 473 g/mol. The number of esters is 1. The van der Waals surface area contributed by atoms with Crippen LogP contribution in [0.2, 0.25) is 5.02 Å². The molecule has 0 bridgehead atoms. The highest BCUT2D eigenvalue weighted by Gasteiger charge is 2.50. The fourth-order valence-corrected chi connectivity index (χ4v) is 4.31. The summed E-state index contributed by atoms with van der Waals surface area (Å²) >= 11 is 5.91. The Labute approximate surface area is 198 Å². The molecule has 176 valence electrons. The molecule has 2 aromatic carbocycles. The highest BCUT2D eigenvalue weighted by atomic mass is 35.5. The molecule has 1 amide bonds. The topological polar surface area (TPSA) is 85.9 Å². The number of carbonyl (C=O) groups excluding carboxylic acids is 2. The van der Waals surface area contributed by atoms with Gasteiger partial charge in [0.2, 0.25) is 5.91 Å². The lowest BCUT2D eigenvalue weighted by molar-refractivity contribution is -0.133. The quantitative estimate of drug-likeness (QED) is 0.429. The van der Waals surface area contributed by atoms with Crippen molar-refractivity contribution in [2.24, 2.45) is 0 Å². The van der Waals surface area contributed by atoms with Crippen molar-refractivity contribution >= 4 is 23.5 Å². The van der Waals surface area contributed by atoms with Crippen LogP contribution in [0.25, 0.3) is 0 Å². The zero-order valence-corrected chi connectivity index (χ0v) is 19.5. The number of hydrogen-bond donors (Lipinski definition) is 2. The van der Waals surface area contributed by atoms with E-state index in [2.05, 4.69) is 10.6 Å². The maximum Gasteiger partial charge on any atom is 0.337 e. The van der Waals surface area contributed by atoms with Crippen LogP contribution in [0.5, 0.6) is 5.75 Å². The minimum atomic E-state index is -0.705. The summed E-state index contributed by atoms with van der Waals surface area (Å²) in [5, 5.41) is 7.40. The van der Waals surface area contributed by atoms with Crippen molar-refractivity contribution in [3.63, 3.8) is 0 Å². The summed E-state index contributed by atoms with van der Waals surface area (Å²) in [5.74, 6) is 0.340. The number of carbonyl (C=O) groups is 2. The van der Waals surface area contributed by atoms with Gasteiger partial charge in [-0.15, -0.1) is 0 Å². The lowest BCUT2D eigenvalue weighted by Gasteiger charge is -2.38. The molecule has 1 aliphatic carbocycles. The van der Waals surface area contributed by atoms with Crippen molar-refractivity contribution in [3.05, 3.63) is 64.7 Å². The largest absolute Gasteiger partial charge is 0.492 e. The van der Waals surface area contributed by atoms with Gasteiger partial charge in [-0.3, -0.25) is 10.1 Å². The average Bonchev–Trinajstić information content (AvgIpc) is 3.63. The predicted molar refractivity (Wildman–Crippen MR) is 125 cm³/mol. The molecule has 8 heteroatoms. The van der Waals surface area contributed by atoms with E-state index in [1.54, 1.807) is 24.3 Å². The van der Waals surface area contributed by atoms with Gasteiger partial charge in [0.05, 0.1) is 18.2 Å². The first-order valence-corrected chi connectivity index (χ1v) is 11.6. The first-order valence-electron chi connectivity index (χ1n) is 11.2. The Morgan fingerprint density at radius 3 is 2.27 bits per heavy atom. The highest BCUT2D eigenvalue weighted by molar-refractivity contribution is 6.30. The molecule has 2 aromatic rings. The van der Waals surface area contributed by atoms with E-state index < -0.39 is 11.1 Å². The van der Waals surface area contributed by atoms with Crippen LogP contribution >= 0.6 is 11.6 Å². The first-order chi connectivity index (χ1) is 16.0. The fraction of sp³-hybridized carbons (Fsp3) is 0.440. The van der Waals surface area contributed by atoms with Crippen LogP contribution in [0.4, 0.5) is 0 Å². The van der Waals surface area contributed by atoms with E-state index >= 15 is 0 Å². The number of methoxy groups -OCH3 is 1. The van der Waals surface area contributed by atoms with Gasteiger partial charge in [-0.2, -0.15) is 0 Å². The molecule has 2 aliphatic rings. The summed E-state index contributed by atoms with van der Waals surface area (Å²) in [6.45, 7) is 2.01. The molecule has 1 saturated carbocycles. The summed E-state index contributed by atoms with van der Waals surface area (Å²) in [6.07, 6.45) is 2.92. The van der Waals surface area contributed by atoms with Crippen molar-refractivity contribution < 1.29 is 23.8 Å². The minimum Gasteiger partial charge on any atom is -0.492 e. The Balaban J connectivity index is 1.38. The van der Waals surface area contributed by atoms with Gasteiger partial charge in [0.15, 0.2) is 0 Å². The Hall–Kier alpha value is -2.61. The third-order valence-electron chi connectivity index (χ3n) is 6.39. The van der Waals surface area contributed by atoms with Gasteiger partial charge in [-0.1, -0.05) is 23.7 Å². The summed E-state index contributed by atoms with van der Waals surface area (Å²) in [6, 6.07) is 14.5. The molecule has 1 saturated heterocycles. The lowest BCUT2D eigenvalue weighted by atomic mass is 9.88. The molecule has 0 unspecified atom stereocenters. The zero-order valence-electron chi connectivity index (χ0n) is 18.7. The van der Waals surface area contributed by atoms with Gasteiger partial charge in [0.1, 0.15) is 17.9 Å². The van der Waals surface area contributed by atoms with E-state index in [1.165, 1.54) is 7.11 Å². The van der Waals surface area contributed by atoms with Crippen molar-refractivity contribution in [1.29, 1.82) is 0 Å². The molecule has 0 aromatic heterocycles. The third-order valence-corrected chi connectivity index (χ3v) is 6.64. The molecule has 1 aliphatic heterocycles. The Morgan fingerprint density at radius 2 is 1.67 bits per heavy atom. The molecule has 0 radical (unpaired) electrons. The van der Waals surface area contributed by atoms with E-state index in [1.807, 2.05) is 24.3 Å². The van der Waals surface area contributed by atoms with E-state index in [4.69, 9.17) is 25.8 Å². The van der Waals surface area contributed by atoms with E-state index in [0.29, 0.717) is 49.8 Å². The number of benzene rings is 2. The number of halogens is 1. The molecular formula is C25H29ClN2O5. The molecule has 33 heavy (non-hydrogen) atoms. The molecule has 0 atom stereocenters. The molecule has 4 rings (SSSR count). The van der Waals surface area contributed by atoms with Crippen LogP contribution in [0.3, 0.4) is 0 Å². The van der Waals surface area contributed by atoms with Crippen LogP contribution < -0.4 is 15.4 Å². The van der Waals surface area contributed by atoms with Gasteiger partial charge >= 0.3 is 5.97 Å². The van der Waals surface area contributed by atoms with Gasteiger partial charge in [0, 0.05) is 24.8 Å². The Kier molecular flexibility index (Phi) is 7.22. The van der Waals surface area contributed by atoms with Gasteiger partial charge < -0.3 is 19.5 Å². The number of hydrogen-bond acceptors (Lipinski definition) is 6. The molecule has 1 heterocycles. The van der Waals surface area contributed by atoms with E-state index in [-0.39, 0.29) is 11.9 Å². The SMILES string of the molecule is COC(=O)c1ccc(C2(NC(=O)C3(NCCOc4ccc(Cl)cc4)CCOCC3)CC2)cc1. The van der Waals surface area contributed by atoms with Gasteiger partial charge in [0.25, 0.3) is 0 Å². The molecular weight excluding hydrogens is 444 g/mol. The molecule has 2 fully saturated rings. The Morgan fingerprint density at radius 1 is 1.00 bits per heavy atom. The summed E-state index contributed by atoms with van der Waals surface area (Å²) in [5.41, 5.74) is 0.394. The minimum absolute atomic E-state index is 0.0214. The van der Waals surface area contributed by atoms with Crippen molar-refractivity contribution in [3.8, 4) is 5.75 Å². The van der Waals surface area contributed by atoms with Crippen LogP contribution in [-0.4, -0.2) is 50.9 Å². The van der Waals surface area contributed by atoms with Gasteiger partial charge in [-0.05, 0) is 67.6 Å². The summed E-state index contributed by atoms with van der Waals surface area (Å²) < 4.78 is 16.1. The third kappa shape index (κ3) is 5.49. The molecule has 0 spiro atoms. The lowest BCUT2D eigenvalue weighted by Crippen LogP contribution is -2.61. The normalized spacial score (nSPS) is 18.2.